The van der Waals surface area contributed by atoms with Crippen LogP contribution in [0.1, 0.15) is 20.7 Å². The van der Waals surface area contributed by atoms with Gasteiger partial charge in [-0.2, -0.15) is 0 Å². The maximum atomic E-state index is 12.0. The molecule has 0 aromatic heterocycles. The summed E-state index contributed by atoms with van der Waals surface area (Å²) < 4.78 is 4.66. The summed E-state index contributed by atoms with van der Waals surface area (Å²) in [7, 11) is 2.71. The molecule has 0 radical (unpaired) electrons. The van der Waals surface area contributed by atoms with E-state index in [1.807, 2.05) is 12.1 Å². The summed E-state index contributed by atoms with van der Waals surface area (Å²) in [6.07, 6.45) is 0. The number of carbonyl (C=O) groups is 2. The van der Waals surface area contributed by atoms with E-state index in [0.29, 0.717) is 11.1 Å². The van der Waals surface area contributed by atoms with Crippen molar-refractivity contribution >= 4 is 11.9 Å². The zero-order valence-corrected chi connectivity index (χ0v) is 11.8. The lowest BCUT2D eigenvalue weighted by atomic mass is 9.98. The highest BCUT2D eigenvalue weighted by molar-refractivity contribution is 6.00. The van der Waals surface area contributed by atoms with Crippen LogP contribution in [0.3, 0.4) is 0 Å². The number of rotatable bonds is 4. The molecule has 5 nitrogen and oxygen atoms in total. The van der Waals surface area contributed by atoms with Crippen LogP contribution in [-0.2, 0) is 9.57 Å². The summed E-state index contributed by atoms with van der Waals surface area (Å²) >= 11 is 0. The summed E-state index contributed by atoms with van der Waals surface area (Å²) in [6, 6.07) is 14.0. The van der Waals surface area contributed by atoms with Gasteiger partial charge in [-0.05, 0) is 29.3 Å². The molecule has 2 aromatic carbocycles. The summed E-state index contributed by atoms with van der Waals surface area (Å²) in [6.45, 7) is 0. The molecular formula is C16H15NO4. The van der Waals surface area contributed by atoms with Gasteiger partial charge < -0.3 is 4.74 Å². The monoisotopic (exact) mass is 285 g/mol. The Morgan fingerprint density at radius 1 is 0.952 bits per heavy atom. The van der Waals surface area contributed by atoms with Crippen molar-refractivity contribution in [1.29, 1.82) is 0 Å². The summed E-state index contributed by atoms with van der Waals surface area (Å²) in [4.78, 5) is 28.0. The van der Waals surface area contributed by atoms with Gasteiger partial charge in [-0.25, -0.2) is 10.3 Å². The zero-order valence-electron chi connectivity index (χ0n) is 11.8. The van der Waals surface area contributed by atoms with Crippen LogP contribution in [0, 0.1) is 0 Å². The zero-order chi connectivity index (χ0) is 15.2. The fraction of sp³-hybridized carbons (Fsp3) is 0.125. The summed E-state index contributed by atoms with van der Waals surface area (Å²) in [5.74, 6) is -0.725. The van der Waals surface area contributed by atoms with E-state index in [0.717, 1.165) is 11.1 Å². The van der Waals surface area contributed by atoms with E-state index in [-0.39, 0.29) is 5.91 Å². The molecule has 0 aliphatic rings. The van der Waals surface area contributed by atoms with Crippen molar-refractivity contribution in [1.82, 2.24) is 5.48 Å². The Balaban J connectivity index is 2.38. The number of carbonyl (C=O) groups excluding carboxylic acids is 2. The predicted molar refractivity (Wildman–Crippen MR) is 77.7 cm³/mol. The third-order valence-corrected chi connectivity index (χ3v) is 2.98. The molecule has 2 aromatic rings. The number of methoxy groups -OCH3 is 1. The van der Waals surface area contributed by atoms with Crippen LogP contribution < -0.4 is 5.48 Å². The highest BCUT2D eigenvalue weighted by atomic mass is 16.6. The van der Waals surface area contributed by atoms with Crippen molar-refractivity contribution < 1.29 is 19.2 Å². The van der Waals surface area contributed by atoms with E-state index in [1.54, 1.807) is 36.4 Å². The Bertz CT molecular complexity index is 650. The maximum absolute atomic E-state index is 12.0. The van der Waals surface area contributed by atoms with E-state index in [1.165, 1.54) is 14.2 Å². The first-order chi connectivity index (χ1) is 10.2. The lowest BCUT2D eigenvalue weighted by Crippen LogP contribution is -2.22. The van der Waals surface area contributed by atoms with E-state index in [2.05, 4.69) is 15.1 Å². The van der Waals surface area contributed by atoms with Gasteiger partial charge in [0.25, 0.3) is 5.91 Å². The van der Waals surface area contributed by atoms with Crippen molar-refractivity contribution in [3.8, 4) is 11.1 Å². The van der Waals surface area contributed by atoms with Gasteiger partial charge in [0.05, 0.1) is 19.8 Å². The minimum atomic E-state index is -0.396. The Kier molecular flexibility index (Phi) is 4.68. The lowest BCUT2D eigenvalue weighted by Gasteiger charge is -2.09. The third-order valence-electron chi connectivity index (χ3n) is 2.98. The number of esters is 1. The van der Waals surface area contributed by atoms with Gasteiger partial charge in [0, 0.05) is 5.56 Å². The molecule has 0 unspecified atom stereocenters. The van der Waals surface area contributed by atoms with Gasteiger partial charge in [0.15, 0.2) is 0 Å². The topological polar surface area (TPSA) is 64.6 Å². The van der Waals surface area contributed by atoms with E-state index in [9.17, 15) is 9.59 Å². The lowest BCUT2D eigenvalue weighted by molar-refractivity contribution is 0.0537. The molecule has 0 saturated heterocycles. The van der Waals surface area contributed by atoms with Crippen LogP contribution in [-0.4, -0.2) is 26.1 Å². The molecule has 0 bridgehead atoms. The Labute approximate surface area is 122 Å². The standard InChI is InChI=1S/C16H15NO4/c1-20-16(19)12-9-7-11(8-10-12)13-5-3-4-6-14(13)15(18)17-21-2/h3-10H,1-2H3,(H,17,18). The molecule has 0 spiro atoms. The summed E-state index contributed by atoms with van der Waals surface area (Å²) in [5.41, 5.74) is 4.82. The first-order valence-corrected chi connectivity index (χ1v) is 6.28. The smallest absolute Gasteiger partial charge is 0.337 e. The average molecular weight is 285 g/mol. The fourth-order valence-corrected chi connectivity index (χ4v) is 1.98. The molecule has 21 heavy (non-hydrogen) atoms. The van der Waals surface area contributed by atoms with Gasteiger partial charge in [-0.3, -0.25) is 9.63 Å². The van der Waals surface area contributed by atoms with Crippen molar-refractivity contribution in [2.24, 2.45) is 0 Å². The molecule has 0 aliphatic heterocycles. The van der Waals surface area contributed by atoms with Crippen LogP contribution >= 0.6 is 0 Å². The first kappa shape index (κ1) is 14.7. The van der Waals surface area contributed by atoms with E-state index in [4.69, 9.17) is 0 Å². The van der Waals surface area contributed by atoms with Crippen LogP contribution in [0.15, 0.2) is 48.5 Å². The second-order valence-electron chi connectivity index (χ2n) is 4.25. The first-order valence-electron chi connectivity index (χ1n) is 6.28. The minimum Gasteiger partial charge on any atom is -0.465 e. The van der Waals surface area contributed by atoms with Gasteiger partial charge >= 0.3 is 5.97 Å². The molecule has 0 heterocycles. The molecule has 1 amide bonds. The number of benzene rings is 2. The minimum absolute atomic E-state index is 0.329. The number of amides is 1. The van der Waals surface area contributed by atoms with Gasteiger partial charge in [0.1, 0.15) is 0 Å². The molecule has 1 N–H and O–H groups in total. The second-order valence-corrected chi connectivity index (χ2v) is 4.25. The van der Waals surface area contributed by atoms with Crippen molar-refractivity contribution in [3.05, 3.63) is 59.7 Å². The molecular weight excluding hydrogens is 270 g/mol. The summed E-state index contributed by atoms with van der Waals surface area (Å²) in [5, 5.41) is 0. The molecule has 0 fully saturated rings. The van der Waals surface area contributed by atoms with Crippen LogP contribution in [0.2, 0.25) is 0 Å². The SMILES string of the molecule is CONC(=O)c1ccccc1-c1ccc(C(=O)OC)cc1. The molecule has 0 aliphatic carbocycles. The van der Waals surface area contributed by atoms with E-state index < -0.39 is 5.97 Å². The van der Waals surface area contributed by atoms with Crippen molar-refractivity contribution in [2.75, 3.05) is 14.2 Å². The largest absolute Gasteiger partial charge is 0.465 e. The molecule has 5 heteroatoms. The molecule has 0 saturated carbocycles. The van der Waals surface area contributed by atoms with Crippen molar-refractivity contribution in [2.45, 2.75) is 0 Å². The highest BCUT2D eigenvalue weighted by Crippen LogP contribution is 2.24. The maximum Gasteiger partial charge on any atom is 0.337 e. The highest BCUT2D eigenvalue weighted by Gasteiger charge is 2.12. The number of hydroxylamine groups is 1. The van der Waals surface area contributed by atoms with Gasteiger partial charge in [-0.15, -0.1) is 0 Å². The fourth-order valence-electron chi connectivity index (χ4n) is 1.98. The van der Waals surface area contributed by atoms with Crippen LogP contribution in [0.25, 0.3) is 11.1 Å². The quantitative estimate of drug-likeness (QED) is 0.692. The molecule has 0 atom stereocenters. The Hall–Kier alpha value is -2.66. The number of nitrogens with one attached hydrogen (secondary N) is 1. The Morgan fingerprint density at radius 3 is 2.24 bits per heavy atom. The average Bonchev–Trinajstić information content (AvgIpc) is 2.54. The number of hydrogen-bond acceptors (Lipinski definition) is 4. The molecule has 108 valence electrons. The van der Waals surface area contributed by atoms with Gasteiger partial charge in [0.2, 0.25) is 0 Å². The second kappa shape index (κ2) is 6.67. The van der Waals surface area contributed by atoms with E-state index >= 15 is 0 Å². The third kappa shape index (κ3) is 3.27. The van der Waals surface area contributed by atoms with Gasteiger partial charge in [-0.1, -0.05) is 30.3 Å². The normalized spacial score (nSPS) is 10.0. The number of ether oxygens (including phenoxy) is 1. The number of hydrogen-bond donors (Lipinski definition) is 1. The van der Waals surface area contributed by atoms with Crippen molar-refractivity contribution in [3.63, 3.8) is 0 Å². The molecule has 2 rings (SSSR count). The van der Waals surface area contributed by atoms with Crippen LogP contribution in [0.4, 0.5) is 0 Å². The van der Waals surface area contributed by atoms with Crippen LogP contribution in [0.5, 0.6) is 0 Å². The predicted octanol–water partition coefficient (Wildman–Crippen LogP) is 2.43. The Morgan fingerprint density at radius 2 is 1.62 bits per heavy atom.